The van der Waals surface area contributed by atoms with Crippen molar-refractivity contribution in [2.45, 2.75) is 41.5 Å². The van der Waals surface area contributed by atoms with Gasteiger partial charge in [0.15, 0.2) is 0 Å². The van der Waals surface area contributed by atoms with E-state index in [-0.39, 0.29) is 21.7 Å². The smallest absolute Gasteiger partial charge is 0.335 e. The SMILES string of the molecule is C[CH-]C.C[CH-]C.C[CH-]C.[Ti+4].c1cc[cH-]c1. The van der Waals surface area contributed by atoms with Crippen LogP contribution in [0.4, 0.5) is 0 Å². The van der Waals surface area contributed by atoms with Gasteiger partial charge in [0, 0.05) is 0 Å². The van der Waals surface area contributed by atoms with Crippen molar-refractivity contribution < 1.29 is 21.7 Å². The normalized spacial score (nSPS) is 6.27. The molecule has 0 aliphatic heterocycles. The first-order valence-electron chi connectivity index (χ1n) is 5.13. The summed E-state index contributed by atoms with van der Waals surface area (Å²) in [5.74, 6) is 0. The minimum Gasteiger partial charge on any atom is -0.335 e. The molecule has 0 radical (unpaired) electrons. The summed E-state index contributed by atoms with van der Waals surface area (Å²) in [7, 11) is 0. The van der Waals surface area contributed by atoms with Crippen molar-refractivity contribution in [1.29, 1.82) is 0 Å². The van der Waals surface area contributed by atoms with E-state index in [1.165, 1.54) is 0 Å². The summed E-state index contributed by atoms with van der Waals surface area (Å²) in [6, 6.07) is 10.0. The van der Waals surface area contributed by atoms with Gasteiger partial charge in [-0.05, 0) is 0 Å². The van der Waals surface area contributed by atoms with E-state index in [9.17, 15) is 0 Å². The van der Waals surface area contributed by atoms with Gasteiger partial charge in [-0.25, -0.2) is 12.1 Å². The van der Waals surface area contributed by atoms with Crippen LogP contribution in [0.3, 0.4) is 0 Å². The fraction of sp³-hybridized carbons (Fsp3) is 0.429. The van der Waals surface area contributed by atoms with E-state index in [1.54, 1.807) is 0 Å². The third kappa shape index (κ3) is 79.8. The van der Waals surface area contributed by atoms with Crippen molar-refractivity contribution >= 4 is 0 Å². The Morgan fingerprint density at radius 2 is 0.867 bits per heavy atom. The Kier molecular flexibility index (Phi) is 59.9. The maximum Gasteiger partial charge on any atom is 4.00 e. The van der Waals surface area contributed by atoms with E-state index in [4.69, 9.17) is 0 Å². The number of rotatable bonds is 0. The Balaban J connectivity index is -0.0000000550. The molecular formula is C14H26Ti. The Hall–Kier alpha value is 0.0643. The van der Waals surface area contributed by atoms with E-state index in [1.807, 2.05) is 91.1 Å². The van der Waals surface area contributed by atoms with Gasteiger partial charge in [0.2, 0.25) is 0 Å². The molecule has 0 N–H and O–H groups in total. The molecule has 0 aliphatic rings. The van der Waals surface area contributed by atoms with E-state index in [0.717, 1.165) is 0 Å². The minimum absolute atomic E-state index is 0. The molecule has 1 aromatic carbocycles. The molecule has 0 spiro atoms. The second kappa shape index (κ2) is 36.9. The van der Waals surface area contributed by atoms with Crippen LogP contribution in [0.25, 0.3) is 0 Å². The summed E-state index contributed by atoms with van der Waals surface area (Å²) in [6.45, 7) is 12.0. The van der Waals surface area contributed by atoms with Crippen LogP contribution in [-0.2, 0) is 21.7 Å². The van der Waals surface area contributed by atoms with Gasteiger partial charge >= 0.3 is 21.7 Å². The van der Waals surface area contributed by atoms with Crippen LogP contribution in [0, 0.1) is 19.3 Å². The first-order valence-corrected chi connectivity index (χ1v) is 5.13. The summed E-state index contributed by atoms with van der Waals surface area (Å²) in [6.07, 6.45) is 6.00. The van der Waals surface area contributed by atoms with Gasteiger partial charge in [-0.2, -0.15) is 59.7 Å². The van der Waals surface area contributed by atoms with Gasteiger partial charge in [0.1, 0.15) is 0 Å². The van der Waals surface area contributed by atoms with Crippen LogP contribution in [0.1, 0.15) is 41.5 Å². The van der Waals surface area contributed by atoms with Gasteiger partial charge in [0.05, 0.1) is 0 Å². The summed E-state index contributed by atoms with van der Waals surface area (Å²) >= 11 is 0. The Labute approximate surface area is 113 Å². The van der Waals surface area contributed by atoms with Crippen LogP contribution in [-0.4, -0.2) is 0 Å². The topological polar surface area (TPSA) is 0 Å². The molecule has 0 atom stereocenters. The van der Waals surface area contributed by atoms with Crippen LogP contribution < -0.4 is 0 Å². The number of hydrogen-bond acceptors (Lipinski definition) is 0. The molecule has 0 aromatic heterocycles. The molecule has 0 nitrogen and oxygen atoms in total. The van der Waals surface area contributed by atoms with Crippen molar-refractivity contribution in [2.75, 3.05) is 0 Å². The van der Waals surface area contributed by atoms with Crippen molar-refractivity contribution in [1.82, 2.24) is 0 Å². The summed E-state index contributed by atoms with van der Waals surface area (Å²) in [4.78, 5) is 0. The molecule has 1 rings (SSSR count). The molecular weight excluding hydrogens is 216 g/mol. The molecule has 0 bridgehead atoms. The zero-order valence-electron chi connectivity index (χ0n) is 11.1. The summed E-state index contributed by atoms with van der Waals surface area (Å²) < 4.78 is 0. The molecule has 15 heavy (non-hydrogen) atoms. The Morgan fingerprint density at radius 3 is 0.933 bits per heavy atom. The molecule has 86 valence electrons. The van der Waals surface area contributed by atoms with E-state index < -0.39 is 0 Å². The molecule has 0 saturated heterocycles. The quantitative estimate of drug-likeness (QED) is 0.439. The zero-order valence-corrected chi connectivity index (χ0v) is 12.7. The minimum atomic E-state index is 0. The first-order chi connectivity index (χ1) is 6.74. The van der Waals surface area contributed by atoms with Gasteiger partial charge in [-0.3, -0.25) is 0 Å². The van der Waals surface area contributed by atoms with Crippen LogP contribution in [0.5, 0.6) is 0 Å². The maximum atomic E-state index is 2.00. The van der Waals surface area contributed by atoms with Crippen molar-refractivity contribution in [2.24, 2.45) is 0 Å². The van der Waals surface area contributed by atoms with Crippen molar-refractivity contribution in [3.8, 4) is 0 Å². The molecule has 0 fully saturated rings. The monoisotopic (exact) mass is 242 g/mol. The molecule has 0 aliphatic carbocycles. The van der Waals surface area contributed by atoms with Gasteiger partial charge in [0.25, 0.3) is 0 Å². The predicted molar refractivity (Wildman–Crippen MR) is 69.0 cm³/mol. The first kappa shape index (κ1) is 24.3. The molecule has 0 amide bonds. The van der Waals surface area contributed by atoms with Gasteiger partial charge in [-0.1, -0.05) is 0 Å². The largest absolute Gasteiger partial charge is 4.00 e. The summed E-state index contributed by atoms with van der Waals surface area (Å²) in [5, 5.41) is 0. The maximum absolute atomic E-state index is 2.00. The fourth-order valence-electron chi connectivity index (χ4n) is 0.321. The van der Waals surface area contributed by atoms with E-state index in [2.05, 4.69) is 0 Å². The van der Waals surface area contributed by atoms with Crippen molar-refractivity contribution in [3.05, 3.63) is 49.6 Å². The van der Waals surface area contributed by atoms with Crippen LogP contribution >= 0.6 is 0 Å². The molecule has 1 heteroatoms. The fourth-order valence-corrected chi connectivity index (χ4v) is 0.321. The average molecular weight is 242 g/mol. The molecule has 1 aromatic rings. The van der Waals surface area contributed by atoms with Gasteiger partial charge in [-0.15, -0.1) is 0 Å². The molecule has 0 unspecified atom stereocenters. The Bertz CT molecular complexity index is 88.9. The third-order valence-corrected chi connectivity index (χ3v) is 0.556. The second-order valence-corrected chi connectivity index (χ2v) is 2.69. The Morgan fingerprint density at radius 1 is 0.667 bits per heavy atom. The molecule has 0 saturated carbocycles. The third-order valence-electron chi connectivity index (χ3n) is 0.556. The standard InChI is InChI=1S/C5H5.3C3H7.Ti/c1-2-4-5-3-1;3*1-3-2;/h1-5H;3*3H,1-2H3;/q4*-1;+4. The van der Waals surface area contributed by atoms with Crippen LogP contribution in [0.15, 0.2) is 30.3 Å². The second-order valence-electron chi connectivity index (χ2n) is 2.69. The van der Waals surface area contributed by atoms with Crippen molar-refractivity contribution in [3.63, 3.8) is 0 Å². The zero-order chi connectivity index (χ0) is 11.7. The predicted octanol–water partition coefficient (Wildman–Crippen LogP) is 5.09. The van der Waals surface area contributed by atoms with E-state index >= 15 is 0 Å². The average Bonchev–Trinajstić information content (AvgIpc) is 2.63. The van der Waals surface area contributed by atoms with E-state index in [0.29, 0.717) is 0 Å². The van der Waals surface area contributed by atoms with Crippen LogP contribution in [0.2, 0.25) is 0 Å². The summed E-state index contributed by atoms with van der Waals surface area (Å²) in [5.41, 5.74) is 0. The van der Waals surface area contributed by atoms with Gasteiger partial charge < -0.3 is 19.3 Å². The molecule has 0 heterocycles. The number of hydrogen-bond donors (Lipinski definition) is 0.